The lowest BCUT2D eigenvalue weighted by Crippen LogP contribution is -2.18. The lowest BCUT2D eigenvalue weighted by atomic mass is 9.88. The summed E-state index contributed by atoms with van der Waals surface area (Å²) >= 11 is 0. The predicted octanol–water partition coefficient (Wildman–Crippen LogP) is 6.78. The van der Waals surface area contributed by atoms with Crippen LogP contribution in [0.15, 0.2) is 0 Å². The van der Waals surface area contributed by atoms with E-state index >= 15 is 0 Å². The molecule has 0 aromatic carbocycles. The first kappa shape index (κ1) is 22.5. The zero-order valence-corrected chi connectivity index (χ0v) is 16.6. The van der Waals surface area contributed by atoms with Crippen LogP contribution in [0.3, 0.4) is 0 Å². The smallest absolute Gasteiger partial charge is 0.306 e. The van der Waals surface area contributed by atoms with E-state index in [1.807, 2.05) is 6.92 Å². The van der Waals surface area contributed by atoms with Crippen LogP contribution in [0.2, 0.25) is 0 Å². The molecule has 0 rings (SSSR count). The van der Waals surface area contributed by atoms with E-state index in [2.05, 4.69) is 34.6 Å². The average molecular weight is 327 g/mol. The number of carboxylic acid groups (broad SMARTS) is 1. The molecule has 0 aromatic heterocycles. The molecule has 0 aliphatic carbocycles. The van der Waals surface area contributed by atoms with Crippen LogP contribution in [0.1, 0.15) is 99.3 Å². The molecule has 0 aliphatic rings. The first-order valence-corrected chi connectivity index (χ1v) is 9.96. The molecule has 0 aromatic rings. The summed E-state index contributed by atoms with van der Waals surface area (Å²) in [4.78, 5) is 11.0. The Balaban J connectivity index is 3.63. The van der Waals surface area contributed by atoms with Gasteiger partial charge in [-0.15, -0.1) is 0 Å². The van der Waals surface area contributed by atoms with Crippen molar-refractivity contribution >= 4 is 5.97 Å². The normalized spacial score (nSPS) is 17.0. The van der Waals surface area contributed by atoms with Crippen LogP contribution in [0.5, 0.6) is 0 Å². The summed E-state index contributed by atoms with van der Waals surface area (Å²) in [6.07, 6.45) is 11.7. The summed E-state index contributed by atoms with van der Waals surface area (Å²) in [7, 11) is 0. The maximum absolute atomic E-state index is 11.0. The molecule has 0 saturated carbocycles. The first-order valence-electron chi connectivity index (χ1n) is 9.96. The number of carbonyl (C=O) groups is 1. The lowest BCUT2D eigenvalue weighted by molar-refractivity contribution is -0.142. The molecule has 0 saturated heterocycles. The second-order valence-electron chi connectivity index (χ2n) is 8.50. The zero-order valence-electron chi connectivity index (χ0n) is 16.6. The van der Waals surface area contributed by atoms with E-state index in [9.17, 15) is 4.79 Å². The molecular formula is C21H42O2. The number of hydrogen-bond acceptors (Lipinski definition) is 1. The summed E-state index contributed by atoms with van der Waals surface area (Å²) in [5.74, 6) is 1.92. The fourth-order valence-electron chi connectivity index (χ4n) is 3.26. The van der Waals surface area contributed by atoms with Crippen LogP contribution < -0.4 is 0 Å². The minimum Gasteiger partial charge on any atom is -0.481 e. The summed E-state index contributed by atoms with van der Waals surface area (Å²) in [6, 6.07) is 0. The molecule has 0 spiro atoms. The van der Waals surface area contributed by atoms with Crippen molar-refractivity contribution in [3.05, 3.63) is 0 Å². The van der Waals surface area contributed by atoms with Gasteiger partial charge in [-0.1, -0.05) is 92.9 Å². The molecule has 0 amide bonds. The highest BCUT2D eigenvalue weighted by atomic mass is 16.4. The van der Waals surface area contributed by atoms with E-state index in [0.29, 0.717) is 5.92 Å². The molecule has 0 radical (unpaired) electrons. The third-order valence-corrected chi connectivity index (χ3v) is 5.47. The van der Waals surface area contributed by atoms with Crippen molar-refractivity contribution < 1.29 is 9.90 Å². The van der Waals surface area contributed by atoms with Gasteiger partial charge in [0.05, 0.1) is 5.92 Å². The third kappa shape index (κ3) is 12.5. The van der Waals surface area contributed by atoms with Crippen molar-refractivity contribution in [2.45, 2.75) is 99.3 Å². The van der Waals surface area contributed by atoms with Crippen molar-refractivity contribution in [1.82, 2.24) is 0 Å². The van der Waals surface area contributed by atoms with Gasteiger partial charge < -0.3 is 5.11 Å². The molecule has 23 heavy (non-hydrogen) atoms. The Bertz CT molecular complexity index is 298. The fourth-order valence-corrected chi connectivity index (χ4v) is 3.26. The highest BCUT2D eigenvalue weighted by molar-refractivity contribution is 5.69. The van der Waals surface area contributed by atoms with Gasteiger partial charge >= 0.3 is 5.97 Å². The molecule has 0 aliphatic heterocycles. The van der Waals surface area contributed by atoms with Crippen molar-refractivity contribution in [3.63, 3.8) is 0 Å². The quantitative estimate of drug-likeness (QED) is 0.382. The number of hydrogen-bond donors (Lipinski definition) is 1. The van der Waals surface area contributed by atoms with E-state index in [1.165, 1.54) is 51.4 Å². The predicted molar refractivity (Wildman–Crippen MR) is 101 cm³/mol. The summed E-state index contributed by atoms with van der Waals surface area (Å²) in [5.41, 5.74) is 0. The van der Waals surface area contributed by atoms with E-state index in [4.69, 9.17) is 5.11 Å². The molecule has 2 nitrogen and oxygen atoms in total. The average Bonchev–Trinajstić information content (AvgIpc) is 2.45. The van der Waals surface area contributed by atoms with Crippen molar-refractivity contribution in [1.29, 1.82) is 0 Å². The maximum Gasteiger partial charge on any atom is 0.306 e. The van der Waals surface area contributed by atoms with Gasteiger partial charge in [0.25, 0.3) is 0 Å². The van der Waals surface area contributed by atoms with Crippen LogP contribution >= 0.6 is 0 Å². The van der Waals surface area contributed by atoms with E-state index in [-0.39, 0.29) is 5.92 Å². The van der Waals surface area contributed by atoms with E-state index in [1.54, 1.807) is 0 Å². The number of aliphatic carboxylic acids is 1. The summed E-state index contributed by atoms with van der Waals surface area (Å²) in [6.45, 7) is 13.3. The minimum absolute atomic E-state index is 0.211. The zero-order chi connectivity index (χ0) is 17.8. The van der Waals surface area contributed by atoms with Crippen molar-refractivity contribution in [2.24, 2.45) is 29.6 Å². The summed E-state index contributed by atoms with van der Waals surface area (Å²) < 4.78 is 0. The Hall–Kier alpha value is -0.530. The van der Waals surface area contributed by atoms with Gasteiger partial charge in [-0.05, 0) is 30.1 Å². The van der Waals surface area contributed by atoms with Gasteiger partial charge in [0.1, 0.15) is 0 Å². The van der Waals surface area contributed by atoms with Gasteiger partial charge in [-0.25, -0.2) is 0 Å². The molecule has 138 valence electrons. The largest absolute Gasteiger partial charge is 0.481 e. The van der Waals surface area contributed by atoms with Crippen LogP contribution in [0.25, 0.3) is 0 Å². The van der Waals surface area contributed by atoms with Crippen LogP contribution in [-0.4, -0.2) is 11.1 Å². The molecule has 0 fully saturated rings. The highest BCUT2D eigenvalue weighted by Crippen LogP contribution is 2.23. The Morgan fingerprint density at radius 3 is 1.48 bits per heavy atom. The molecule has 0 heterocycles. The SMILES string of the molecule is CC(C)CCCC(C)CCCC(C)CCCC(C)C(C)C(=O)O. The highest BCUT2D eigenvalue weighted by Gasteiger charge is 2.18. The topological polar surface area (TPSA) is 37.3 Å². The fraction of sp³-hybridized carbons (Fsp3) is 0.952. The van der Waals surface area contributed by atoms with E-state index in [0.717, 1.165) is 24.2 Å². The Morgan fingerprint density at radius 2 is 1.09 bits per heavy atom. The van der Waals surface area contributed by atoms with Crippen molar-refractivity contribution in [3.8, 4) is 0 Å². The Morgan fingerprint density at radius 1 is 0.696 bits per heavy atom. The first-order chi connectivity index (χ1) is 10.7. The van der Waals surface area contributed by atoms with Gasteiger partial charge in [0, 0.05) is 0 Å². The Labute approximate surface area is 145 Å². The molecule has 2 heteroatoms. The minimum atomic E-state index is -0.656. The van der Waals surface area contributed by atoms with Gasteiger partial charge in [0.15, 0.2) is 0 Å². The third-order valence-electron chi connectivity index (χ3n) is 5.47. The Kier molecular flexibility index (Phi) is 12.5. The second-order valence-corrected chi connectivity index (χ2v) is 8.50. The summed E-state index contributed by atoms with van der Waals surface area (Å²) in [5, 5.41) is 9.02. The molecule has 4 atom stereocenters. The van der Waals surface area contributed by atoms with Gasteiger partial charge in [-0.3, -0.25) is 4.79 Å². The monoisotopic (exact) mass is 326 g/mol. The maximum atomic E-state index is 11.0. The van der Waals surface area contributed by atoms with Gasteiger partial charge in [0.2, 0.25) is 0 Å². The van der Waals surface area contributed by atoms with Gasteiger partial charge in [-0.2, -0.15) is 0 Å². The molecule has 0 bridgehead atoms. The standard InChI is InChI=1S/C21H42O2/c1-16(2)10-7-11-17(3)12-8-13-18(4)14-9-15-19(5)20(6)21(22)23/h16-20H,7-15H2,1-6H3,(H,22,23). The molecular weight excluding hydrogens is 284 g/mol. The van der Waals surface area contributed by atoms with Crippen molar-refractivity contribution in [2.75, 3.05) is 0 Å². The molecule has 4 unspecified atom stereocenters. The lowest BCUT2D eigenvalue weighted by Gasteiger charge is -2.18. The number of rotatable bonds is 14. The van der Waals surface area contributed by atoms with E-state index < -0.39 is 5.97 Å². The number of carboxylic acids is 1. The second kappa shape index (κ2) is 12.8. The van der Waals surface area contributed by atoms with Crippen LogP contribution in [0, 0.1) is 29.6 Å². The van der Waals surface area contributed by atoms with Crippen LogP contribution in [0.4, 0.5) is 0 Å². The van der Waals surface area contributed by atoms with Crippen LogP contribution in [-0.2, 0) is 4.79 Å². The molecule has 1 N–H and O–H groups in total.